The number of hydrogen-bond donors (Lipinski definition) is 0. The second kappa shape index (κ2) is 10.2. The average molecular weight is 464 g/mol. The summed E-state index contributed by atoms with van der Waals surface area (Å²) in [5.74, 6) is 0. The Morgan fingerprint density at radius 2 is 1.55 bits per heavy atom. The van der Waals surface area contributed by atoms with Crippen molar-refractivity contribution in [2.24, 2.45) is 0 Å². The molecule has 4 aromatic rings. The first-order chi connectivity index (χ1) is 15.7. The van der Waals surface area contributed by atoms with Crippen LogP contribution >= 0.6 is 12.4 Å². The van der Waals surface area contributed by atoms with Gasteiger partial charge in [-0.2, -0.15) is 0 Å². The zero-order valence-electron chi connectivity index (χ0n) is 18.2. The van der Waals surface area contributed by atoms with Gasteiger partial charge in [0.25, 0.3) is 5.69 Å². The second-order valence-corrected chi connectivity index (χ2v) is 8.11. The minimum Gasteiger partial charge on any atom is -0.379 e. The highest BCUT2D eigenvalue weighted by Crippen LogP contribution is 2.38. The Balaban J connectivity index is 0.00000259. The number of hydrogen-bond acceptors (Lipinski definition) is 4. The number of non-ortho nitro benzene ring substituents is 1. The molecular weight excluding hydrogens is 438 g/mol. The third-order valence-electron chi connectivity index (χ3n) is 6.09. The van der Waals surface area contributed by atoms with Crippen LogP contribution in [0.1, 0.15) is 11.3 Å². The Kier molecular flexibility index (Phi) is 7.08. The molecule has 0 N–H and O–H groups in total. The molecule has 2 heterocycles. The minimum atomic E-state index is -0.315. The third kappa shape index (κ3) is 4.78. The molecule has 0 aliphatic carbocycles. The zero-order chi connectivity index (χ0) is 21.9. The molecule has 3 aromatic carbocycles. The van der Waals surface area contributed by atoms with Gasteiger partial charge in [0, 0.05) is 60.5 Å². The van der Waals surface area contributed by atoms with Crippen LogP contribution < -0.4 is 0 Å². The summed E-state index contributed by atoms with van der Waals surface area (Å²) in [4.78, 5) is 13.7. The van der Waals surface area contributed by atoms with Crippen LogP contribution in [0, 0.1) is 10.1 Å². The lowest BCUT2D eigenvalue weighted by Crippen LogP contribution is -2.36. The van der Waals surface area contributed by atoms with E-state index in [4.69, 9.17) is 4.74 Å². The van der Waals surface area contributed by atoms with Gasteiger partial charge in [0.1, 0.15) is 0 Å². The molecule has 1 aromatic heterocycles. The summed E-state index contributed by atoms with van der Waals surface area (Å²) in [6.45, 7) is 4.68. The second-order valence-electron chi connectivity index (χ2n) is 8.11. The fourth-order valence-electron chi connectivity index (χ4n) is 4.52. The maximum atomic E-state index is 11.6. The van der Waals surface area contributed by atoms with Gasteiger partial charge in [-0.25, -0.2) is 0 Å². The van der Waals surface area contributed by atoms with Crippen LogP contribution in [0.5, 0.6) is 0 Å². The van der Waals surface area contributed by atoms with E-state index in [-0.39, 0.29) is 23.0 Å². The van der Waals surface area contributed by atoms with Crippen LogP contribution in [-0.4, -0.2) is 40.7 Å². The van der Waals surface area contributed by atoms with E-state index in [0.717, 1.165) is 54.9 Å². The largest absolute Gasteiger partial charge is 0.379 e. The summed E-state index contributed by atoms with van der Waals surface area (Å²) < 4.78 is 7.88. The van der Waals surface area contributed by atoms with Crippen LogP contribution in [0.2, 0.25) is 0 Å². The Bertz CT molecular complexity index is 1240. The number of nitro benzene ring substituents is 1. The van der Waals surface area contributed by atoms with Crippen molar-refractivity contribution in [1.29, 1.82) is 0 Å². The topological polar surface area (TPSA) is 60.5 Å². The molecule has 5 rings (SSSR count). The van der Waals surface area contributed by atoms with Gasteiger partial charge in [-0.1, -0.05) is 60.7 Å². The average Bonchev–Trinajstić information content (AvgIpc) is 3.13. The van der Waals surface area contributed by atoms with Gasteiger partial charge in [0.05, 0.1) is 18.1 Å². The number of nitro groups is 1. The van der Waals surface area contributed by atoms with E-state index in [2.05, 4.69) is 33.7 Å². The molecule has 1 fully saturated rings. The number of nitrogens with zero attached hydrogens (tertiary/aromatic N) is 3. The van der Waals surface area contributed by atoms with E-state index in [1.54, 1.807) is 12.1 Å². The van der Waals surface area contributed by atoms with Crippen molar-refractivity contribution in [3.63, 3.8) is 0 Å². The third-order valence-corrected chi connectivity index (χ3v) is 6.09. The smallest absolute Gasteiger partial charge is 0.270 e. The molecule has 0 spiro atoms. The van der Waals surface area contributed by atoms with E-state index >= 15 is 0 Å². The predicted molar refractivity (Wildman–Crippen MR) is 133 cm³/mol. The minimum absolute atomic E-state index is 0. The van der Waals surface area contributed by atoms with Gasteiger partial charge in [-0.05, 0) is 17.2 Å². The van der Waals surface area contributed by atoms with Gasteiger partial charge in [0.2, 0.25) is 0 Å². The number of morpholine rings is 1. The van der Waals surface area contributed by atoms with Crippen molar-refractivity contribution < 1.29 is 9.66 Å². The molecule has 1 aliphatic rings. The van der Waals surface area contributed by atoms with E-state index in [1.165, 1.54) is 11.3 Å². The highest BCUT2D eigenvalue weighted by molar-refractivity contribution is 5.99. The molecule has 0 atom stereocenters. The molecule has 33 heavy (non-hydrogen) atoms. The van der Waals surface area contributed by atoms with E-state index in [1.807, 2.05) is 42.5 Å². The fraction of sp³-hybridized carbons (Fsp3) is 0.231. The predicted octanol–water partition coefficient (Wildman–Crippen LogP) is 5.52. The molecule has 0 saturated carbocycles. The molecule has 170 valence electrons. The highest BCUT2D eigenvalue weighted by atomic mass is 35.5. The quantitative estimate of drug-likeness (QED) is 0.279. The Labute approximate surface area is 199 Å². The molecule has 0 bridgehead atoms. The lowest BCUT2D eigenvalue weighted by atomic mass is 10.0. The molecule has 0 amide bonds. The number of halogens is 1. The molecule has 0 radical (unpaired) electrons. The van der Waals surface area contributed by atoms with Gasteiger partial charge in [-0.3, -0.25) is 15.0 Å². The number of fused-ring (bicyclic) bond motifs is 1. The van der Waals surface area contributed by atoms with Crippen molar-refractivity contribution in [2.75, 3.05) is 26.3 Å². The lowest BCUT2D eigenvalue weighted by molar-refractivity contribution is -0.384. The van der Waals surface area contributed by atoms with Crippen molar-refractivity contribution in [2.45, 2.75) is 13.1 Å². The molecule has 0 unspecified atom stereocenters. The van der Waals surface area contributed by atoms with E-state index in [0.29, 0.717) is 6.54 Å². The van der Waals surface area contributed by atoms with Gasteiger partial charge >= 0.3 is 0 Å². The summed E-state index contributed by atoms with van der Waals surface area (Å²) in [5, 5.41) is 12.5. The monoisotopic (exact) mass is 463 g/mol. The molecule has 1 saturated heterocycles. The number of ether oxygens (including phenoxy) is 1. The van der Waals surface area contributed by atoms with Crippen LogP contribution in [-0.2, 0) is 17.8 Å². The van der Waals surface area contributed by atoms with E-state index in [9.17, 15) is 10.1 Å². The first-order valence-electron chi connectivity index (χ1n) is 10.9. The van der Waals surface area contributed by atoms with Crippen LogP contribution in [0.15, 0.2) is 78.9 Å². The summed E-state index contributed by atoms with van der Waals surface area (Å²) in [7, 11) is 0. The lowest BCUT2D eigenvalue weighted by Gasteiger charge is -2.28. The summed E-state index contributed by atoms with van der Waals surface area (Å²) >= 11 is 0. The van der Waals surface area contributed by atoms with E-state index < -0.39 is 0 Å². The first-order valence-corrected chi connectivity index (χ1v) is 10.9. The standard InChI is InChI=1S/C26H25N3O3.ClH/c30-29(31)22-11-12-24-23(17-22)26(21-9-5-2-6-10-21)25(19-27-13-15-32-16-14-27)28(24)18-20-7-3-1-4-8-20;/h1-12,17H,13-16,18-19H2;1H. The van der Waals surface area contributed by atoms with Crippen molar-refractivity contribution >= 4 is 29.0 Å². The van der Waals surface area contributed by atoms with Crippen molar-refractivity contribution in [3.8, 4) is 11.1 Å². The van der Waals surface area contributed by atoms with Crippen molar-refractivity contribution in [1.82, 2.24) is 9.47 Å². The van der Waals surface area contributed by atoms with Crippen LogP contribution in [0.4, 0.5) is 5.69 Å². The molecule has 6 nitrogen and oxygen atoms in total. The Hall–Kier alpha value is -3.19. The fourth-order valence-corrected chi connectivity index (χ4v) is 4.52. The maximum absolute atomic E-state index is 11.6. The number of rotatable bonds is 6. The zero-order valence-corrected chi connectivity index (χ0v) is 19.0. The molecular formula is C26H26ClN3O3. The number of benzene rings is 3. The molecule has 7 heteroatoms. The Morgan fingerprint density at radius 3 is 2.21 bits per heavy atom. The van der Waals surface area contributed by atoms with Gasteiger partial charge in [0.15, 0.2) is 0 Å². The first kappa shape index (κ1) is 23.0. The number of aromatic nitrogens is 1. The van der Waals surface area contributed by atoms with Crippen LogP contribution in [0.3, 0.4) is 0 Å². The van der Waals surface area contributed by atoms with Crippen molar-refractivity contribution in [3.05, 3.63) is 100 Å². The highest BCUT2D eigenvalue weighted by Gasteiger charge is 2.23. The maximum Gasteiger partial charge on any atom is 0.270 e. The Morgan fingerprint density at radius 1 is 0.879 bits per heavy atom. The van der Waals surface area contributed by atoms with Gasteiger partial charge in [-0.15, -0.1) is 12.4 Å². The van der Waals surface area contributed by atoms with Gasteiger partial charge < -0.3 is 9.30 Å². The summed E-state index contributed by atoms with van der Waals surface area (Å²) in [5.41, 5.74) is 5.66. The SMILES string of the molecule is Cl.O=[N+]([O-])c1ccc2c(c1)c(-c1ccccc1)c(CN1CCOCC1)n2Cc1ccccc1. The summed E-state index contributed by atoms with van der Waals surface area (Å²) in [6, 6.07) is 25.8. The molecule has 1 aliphatic heterocycles. The summed E-state index contributed by atoms with van der Waals surface area (Å²) in [6.07, 6.45) is 0. The normalized spacial score (nSPS) is 14.2. The van der Waals surface area contributed by atoms with Crippen LogP contribution in [0.25, 0.3) is 22.0 Å².